The molecule has 0 aromatic heterocycles. The van der Waals surface area contributed by atoms with Crippen LogP contribution in [0.15, 0.2) is 23.1 Å². The molecule has 0 unspecified atom stereocenters. The van der Waals surface area contributed by atoms with E-state index in [1.165, 1.54) is 0 Å². The van der Waals surface area contributed by atoms with Gasteiger partial charge in [0.1, 0.15) is 5.82 Å². The summed E-state index contributed by atoms with van der Waals surface area (Å²) in [7, 11) is -4.02. The van der Waals surface area contributed by atoms with Crippen molar-refractivity contribution in [3.8, 4) is 0 Å². The fraction of sp³-hybridized carbons (Fsp3) is 0.364. The Morgan fingerprint density at radius 2 is 2.06 bits per heavy atom. The van der Waals surface area contributed by atoms with E-state index in [-0.39, 0.29) is 5.56 Å². The average molecular weight is 272 g/mol. The number of carbonyl (C=O) groups excluding carboxylic acids is 1. The lowest BCUT2D eigenvalue weighted by atomic mass is 10.2. The third-order valence-corrected chi connectivity index (χ3v) is 3.60. The van der Waals surface area contributed by atoms with Crippen molar-refractivity contribution in [1.29, 1.82) is 0 Å². The normalized spacial score (nSPS) is 15.4. The lowest BCUT2D eigenvalue weighted by Crippen LogP contribution is -2.26. The number of hydrogen-bond acceptors (Lipinski definition) is 3. The maximum atomic E-state index is 13.2. The van der Waals surface area contributed by atoms with Gasteiger partial charge in [-0.1, -0.05) is 0 Å². The minimum Gasteiger partial charge on any atom is -0.352 e. The summed E-state index contributed by atoms with van der Waals surface area (Å²) in [6.45, 7) is 0.528. The lowest BCUT2D eigenvalue weighted by Gasteiger charge is -2.06. The molecule has 2 rings (SSSR count). The molecular formula is C11H13FN2O3S. The van der Waals surface area contributed by atoms with E-state index in [9.17, 15) is 17.6 Å². The largest absolute Gasteiger partial charge is 0.352 e. The molecule has 1 fully saturated rings. The Kier molecular flexibility index (Phi) is 3.36. The van der Waals surface area contributed by atoms with Crippen molar-refractivity contribution in [1.82, 2.24) is 5.32 Å². The van der Waals surface area contributed by atoms with E-state index in [0.717, 1.165) is 31.0 Å². The third-order valence-electron chi connectivity index (χ3n) is 2.71. The first-order chi connectivity index (χ1) is 8.36. The standard InChI is InChI=1S/C11H13FN2O3S/c12-9-3-8(4-10(5-9)18(13,16)17)11(15)14-6-7-1-2-7/h3-5,7H,1-2,6H2,(H,14,15)(H2,13,16,17). The fourth-order valence-corrected chi connectivity index (χ4v) is 2.09. The van der Waals surface area contributed by atoms with Gasteiger partial charge in [-0.25, -0.2) is 17.9 Å². The number of benzene rings is 1. The van der Waals surface area contributed by atoms with Crippen molar-refractivity contribution in [2.45, 2.75) is 17.7 Å². The van der Waals surface area contributed by atoms with Gasteiger partial charge in [-0.05, 0) is 37.0 Å². The smallest absolute Gasteiger partial charge is 0.251 e. The fourth-order valence-electron chi connectivity index (χ4n) is 1.52. The molecule has 0 radical (unpaired) electrons. The van der Waals surface area contributed by atoms with Gasteiger partial charge >= 0.3 is 0 Å². The van der Waals surface area contributed by atoms with Crippen LogP contribution in [0.2, 0.25) is 0 Å². The quantitative estimate of drug-likeness (QED) is 0.841. The summed E-state index contributed by atoms with van der Waals surface area (Å²) in [5, 5.41) is 7.53. The van der Waals surface area contributed by atoms with Crippen LogP contribution in [-0.4, -0.2) is 20.9 Å². The lowest BCUT2D eigenvalue weighted by molar-refractivity contribution is 0.0951. The monoisotopic (exact) mass is 272 g/mol. The van der Waals surface area contributed by atoms with E-state index in [4.69, 9.17) is 5.14 Å². The van der Waals surface area contributed by atoms with Crippen molar-refractivity contribution >= 4 is 15.9 Å². The number of amides is 1. The van der Waals surface area contributed by atoms with Gasteiger partial charge in [0, 0.05) is 12.1 Å². The van der Waals surface area contributed by atoms with Crippen molar-refractivity contribution in [3.05, 3.63) is 29.6 Å². The van der Waals surface area contributed by atoms with Crippen LogP contribution in [0.1, 0.15) is 23.2 Å². The van der Waals surface area contributed by atoms with E-state index < -0.39 is 26.6 Å². The Morgan fingerprint density at radius 1 is 1.39 bits per heavy atom. The number of sulfonamides is 1. The second kappa shape index (κ2) is 4.66. The highest BCUT2D eigenvalue weighted by Gasteiger charge is 2.22. The molecule has 1 aromatic rings. The molecule has 0 heterocycles. The average Bonchev–Trinajstić information content (AvgIpc) is 3.07. The number of nitrogens with two attached hydrogens (primary N) is 1. The van der Waals surface area contributed by atoms with Gasteiger partial charge < -0.3 is 5.32 Å². The second-order valence-electron chi connectivity index (χ2n) is 4.37. The van der Waals surface area contributed by atoms with Gasteiger partial charge in [0.2, 0.25) is 10.0 Å². The molecule has 0 atom stereocenters. The molecule has 1 aliphatic rings. The molecule has 1 aliphatic carbocycles. The molecule has 0 bridgehead atoms. The molecule has 1 saturated carbocycles. The number of nitrogens with one attached hydrogen (secondary N) is 1. The predicted molar refractivity (Wildman–Crippen MR) is 62.8 cm³/mol. The highest BCUT2D eigenvalue weighted by atomic mass is 32.2. The summed E-state index contributed by atoms with van der Waals surface area (Å²) >= 11 is 0. The summed E-state index contributed by atoms with van der Waals surface area (Å²) in [5.41, 5.74) is -0.0420. The van der Waals surface area contributed by atoms with Crippen LogP contribution < -0.4 is 10.5 Å². The zero-order valence-corrected chi connectivity index (χ0v) is 10.3. The molecule has 1 amide bonds. The Morgan fingerprint density at radius 3 is 2.61 bits per heavy atom. The van der Waals surface area contributed by atoms with Crippen LogP contribution in [-0.2, 0) is 10.0 Å². The number of rotatable bonds is 4. The van der Waals surface area contributed by atoms with Crippen LogP contribution in [0.3, 0.4) is 0 Å². The van der Waals surface area contributed by atoms with Gasteiger partial charge in [-0.2, -0.15) is 0 Å². The molecule has 3 N–H and O–H groups in total. The first kappa shape index (κ1) is 13.0. The highest BCUT2D eigenvalue weighted by molar-refractivity contribution is 7.89. The molecular weight excluding hydrogens is 259 g/mol. The number of hydrogen-bond donors (Lipinski definition) is 2. The second-order valence-corrected chi connectivity index (χ2v) is 5.94. The van der Waals surface area contributed by atoms with E-state index in [0.29, 0.717) is 12.5 Å². The zero-order chi connectivity index (χ0) is 13.3. The molecule has 0 aliphatic heterocycles. The van der Waals surface area contributed by atoms with Crippen molar-refractivity contribution in [3.63, 3.8) is 0 Å². The summed E-state index contributed by atoms with van der Waals surface area (Å²) in [4.78, 5) is 11.3. The van der Waals surface area contributed by atoms with Gasteiger partial charge in [0.05, 0.1) is 4.90 Å². The molecule has 0 saturated heterocycles. The van der Waals surface area contributed by atoms with E-state index in [1.807, 2.05) is 0 Å². The van der Waals surface area contributed by atoms with Gasteiger partial charge in [-0.3, -0.25) is 4.79 Å². The van der Waals surface area contributed by atoms with Gasteiger partial charge in [-0.15, -0.1) is 0 Å². The third kappa shape index (κ3) is 3.27. The molecule has 18 heavy (non-hydrogen) atoms. The maximum Gasteiger partial charge on any atom is 0.251 e. The minimum absolute atomic E-state index is 0.0420. The van der Waals surface area contributed by atoms with Crippen molar-refractivity contribution < 1.29 is 17.6 Å². The SMILES string of the molecule is NS(=O)(=O)c1cc(F)cc(C(=O)NCC2CC2)c1. The van der Waals surface area contributed by atoms with Gasteiger partial charge in [0.25, 0.3) is 5.91 Å². The van der Waals surface area contributed by atoms with Crippen molar-refractivity contribution in [2.24, 2.45) is 11.1 Å². The van der Waals surface area contributed by atoms with Crippen LogP contribution in [0.5, 0.6) is 0 Å². The van der Waals surface area contributed by atoms with E-state index >= 15 is 0 Å². The summed E-state index contributed by atoms with van der Waals surface area (Å²) in [5.74, 6) is -0.815. The predicted octanol–water partition coefficient (Wildman–Crippen LogP) is 0.613. The molecule has 1 aromatic carbocycles. The van der Waals surface area contributed by atoms with Crippen LogP contribution in [0.4, 0.5) is 4.39 Å². The Hall–Kier alpha value is -1.47. The Balaban J connectivity index is 2.21. The summed E-state index contributed by atoms with van der Waals surface area (Å²) < 4.78 is 35.5. The first-order valence-corrected chi connectivity index (χ1v) is 7.02. The zero-order valence-electron chi connectivity index (χ0n) is 9.52. The van der Waals surface area contributed by atoms with Crippen LogP contribution >= 0.6 is 0 Å². The van der Waals surface area contributed by atoms with E-state index in [1.54, 1.807) is 0 Å². The van der Waals surface area contributed by atoms with Crippen molar-refractivity contribution in [2.75, 3.05) is 6.54 Å². The van der Waals surface area contributed by atoms with Crippen LogP contribution in [0, 0.1) is 11.7 Å². The number of carbonyl (C=O) groups is 1. The topological polar surface area (TPSA) is 89.3 Å². The number of primary sulfonamides is 1. The molecule has 7 heteroatoms. The molecule has 0 spiro atoms. The van der Waals surface area contributed by atoms with Gasteiger partial charge in [0.15, 0.2) is 0 Å². The molecule has 98 valence electrons. The van der Waals surface area contributed by atoms with E-state index in [2.05, 4.69) is 5.32 Å². The molecule has 5 nitrogen and oxygen atoms in total. The Bertz CT molecular complexity index is 582. The maximum absolute atomic E-state index is 13.2. The first-order valence-electron chi connectivity index (χ1n) is 5.48. The summed E-state index contributed by atoms with van der Waals surface area (Å²) in [6, 6.07) is 2.84. The summed E-state index contributed by atoms with van der Waals surface area (Å²) in [6.07, 6.45) is 2.15. The Labute approximate surface area is 104 Å². The minimum atomic E-state index is -4.02. The van der Waals surface area contributed by atoms with Crippen LogP contribution in [0.25, 0.3) is 0 Å². The highest BCUT2D eigenvalue weighted by Crippen LogP contribution is 2.27. The number of halogens is 1.